The maximum absolute atomic E-state index is 11.8. The zero-order valence-electron chi connectivity index (χ0n) is 9.11. The maximum Gasteiger partial charge on any atom is 0.240 e. The Morgan fingerprint density at radius 3 is 2.88 bits per heavy atom. The number of benzene rings is 1. The predicted octanol–water partition coefficient (Wildman–Crippen LogP) is 2.40. The summed E-state index contributed by atoms with van der Waals surface area (Å²) in [6, 6.07) is 4.83. The molecule has 4 heteroatoms. The van der Waals surface area contributed by atoms with Crippen LogP contribution in [0.5, 0.6) is 5.75 Å². The van der Waals surface area contributed by atoms with Crippen molar-refractivity contribution in [1.29, 1.82) is 0 Å². The van der Waals surface area contributed by atoms with Crippen molar-refractivity contribution < 1.29 is 14.3 Å². The van der Waals surface area contributed by atoms with Gasteiger partial charge in [-0.15, -0.1) is 0 Å². The molecule has 82 valence electrons. The average Bonchev–Trinajstić information content (AvgIpc) is 2.18. The molecule has 0 saturated carbocycles. The first kappa shape index (κ1) is 10.6. The lowest BCUT2D eigenvalue weighted by Gasteiger charge is -2.31. The van der Waals surface area contributed by atoms with Gasteiger partial charge in [0.25, 0.3) is 0 Å². The monoisotopic (exact) mass is 217 g/mol. The molecule has 1 heterocycles. The van der Waals surface area contributed by atoms with Crippen molar-refractivity contribution in [2.45, 2.75) is 25.9 Å². The van der Waals surface area contributed by atoms with Crippen molar-refractivity contribution in [1.82, 2.24) is 0 Å². The summed E-state index contributed by atoms with van der Waals surface area (Å²) in [4.78, 5) is 25.4. The number of hydrogen-bond acceptors (Lipinski definition) is 4. The summed E-state index contributed by atoms with van der Waals surface area (Å²) >= 11 is 0. The molecule has 0 amide bonds. The van der Waals surface area contributed by atoms with Crippen LogP contribution in [0.25, 0.3) is 0 Å². The van der Waals surface area contributed by atoms with Crippen molar-refractivity contribution in [3.63, 3.8) is 0 Å². The highest BCUT2D eigenvalue weighted by atomic mass is 16.5. The van der Waals surface area contributed by atoms with Crippen molar-refractivity contribution in [3.05, 3.63) is 23.8 Å². The summed E-state index contributed by atoms with van der Waals surface area (Å²) < 4.78 is 5.66. The van der Waals surface area contributed by atoms with Crippen LogP contribution in [-0.2, 0) is 4.79 Å². The number of ether oxygens (including phenoxy) is 1. The summed E-state index contributed by atoms with van der Waals surface area (Å²) in [5.74, 6) is 0.556. The van der Waals surface area contributed by atoms with Gasteiger partial charge in [0.2, 0.25) is 6.08 Å². The number of hydrogen-bond donors (Lipinski definition) is 0. The topological polar surface area (TPSA) is 55.7 Å². The van der Waals surface area contributed by atoms with Crippen molar-refractivity contribution >= 4 is 17.6 Å². The maximum atomic E-state index is 11.8. The molecule has 0 atom stereocenters. The van der Waals surface area contributed by atoms with E-state index in [1.54, 1.807) is 18.2 Å². The van der Waals surface area contributed by atoms with Crippen molar-refractivity contribution in [2.75, 3.05) is 0 Å². The highest BCUT2D eigenvalue weighted by Gasteiger charge is 2.32. The molecule has 0 spiro atoms. The summed E-state index contributed by atoms with van der Waals surface area (Å²) in [7, 11) is 0. The van der Waals surface area contributed by atoms with Crippen molar-refractivity contribution in [3.8, 4) is 5.75 Å². The zero-order chi connectivity index (χ0) is 11.8. The lowest BCUT2D eigenvalue weighted by Crippen LogP contribution is -2.35. The minimum absolute atomic E-state index is 0.00852. The molecule has 1 aromatic carbocycles. The van der Waals surface area contributed by atoms with Gasteiger partial charge < -0.3 is 4.74 Å². The van der Waals surface area contributed by atoms with Gasteiger partial charge in [0.1, 0.15) is 11.4 Å². The minimum atomic E-state index is -0.473. The second-order valence-corrected chi connectivity index (χ2v) is 4.35. The van der Waals surface area contributed by atoms with Crippen LogP contribution < -0.4 is 4.74 Å². The second kappa shape index (κ2) is 3.58. The smallest absolute Gasteiger partial charge is 0.240 e. The van der Waals surface area contributed by atoms with Crippen LogP contribution in [0.1, 0.15) is 30.6 Å². The Morgan fingerprint density at radius 1 is 1.44 bits per heavy atom. The predicted molar refractivity (Wildman–Crippen MR) is 57.9 cm³/mol. The van der Waals surface area contributed by atoms with E-state index >= 15 is 0 Å². The van der Waals surface area contributed by atoms with Gasteiger partial charge in [-0.2, -0.15) is 4.99 Å². The molecule has 16 heavy (non-hydrogen) atoms. The fourth-order valence-corrected chi connectivity index (χ4v) is 1.76. The van der Waals surface area contributed by atoms with E-state index in [0.29, 0.717) is 23.4 Å². The molecule has 0 bridgehead atoms. The lowest BCUT2D eigenvalue weighted by molar-refractivity contribution is 0.0620. The molecule has 1 aliphatic rings. The number of carbonyl (C=O) groups excluding carboxylic acids is 2. The highest BCUT2D eigenvalue weighted by Crippen LogP contribution is 2.34. The standard InChI is InChI=1S/C12H11NO3/c1-12(2)6-10(15)9-5-8(13-7-14)3-4-11(9)16-12/h3-5H,6H2,1-2H3. The fraction of sp³-hybridized carbons (Fsp3) is 0.333. The Labute approximate surface area is 92.9 Å². The summed E-state index contributed by atoms with van der Waals surface area (Å²) in [5, 5.41) is 0. The highest BCUT2D eigenvalue weighted by molar-refractivity contribution is 6.01. The number of rotatable bonds is 1. The Hall–Kier alpha value is -1.93. The van der Waals surface area contributed by atoms with E-state index in [1.165, 1.54) is 6.08 Å². The van der Waals surface area contributed by atoms with Gasteiger partial charge in [0.05, 0.1) is 17.7 Å². The first-order valence-corrected chi connectivity index (χ1v) is 4.96. The Balaban J connectivity index is 2.49. The Morgan fingerprint density at radius 2 is 2.19 bits per heavy atom. The van der Waals surface area contributed by atoms with Gasteiger partial charge >= 0.3 is 0 Å². The largest absolute Gasteiger partial charge is 0.487 e. The number of nitrogens with zero attached hydrogens (tertiary/aromatic N) is 1. The molecule has 0 aromatic heterocycles. The number of carbonyl (C=O) groups is 1. The third kappa shape index (κ3) is 1.88. The molecule has 0 fully saturated rings. The molecule has 4 nitrogen and oxygen atoms in total. The van der Waals surface area contributed by atoms with E-state index in [4.69, 9.17) is 4.74 Å². The molecule has 1 aliphatic heterocycles. The Kier molecular flexibility index (Phi) is 2.37. The van der Waals surface area contributed by atoms with Crippen LogP contribution in [-0.4, -0.2) is 17.5 Å². The molecule has 0 aliphatic carbocycles. The van der Waals surface area contributed by atoms with Crippen molar-refractivity contribution in [2.24, 2.45) is 4.99 Å². The van der Waals surface area contributed by atoms with E-state index in [9.17, 15) is 9.59 Å². The van der Waals surface area contributed by atoms with Gasteiger partial charge in [0, 0.05) is 0 Å². The van der Waals surface area contributed by atoms with Crippen LogP contribution in [0.4, 0.5) is 5.69 Å². The minimum Gasteiger partial charge on any atom is -0.487 e. The van der Waals surface area contributed by atoms with E-state index in [-0.39, 0.29) is 5.78 Å². The second-order valence-electron chi connectivity index (χ2n) is 4.35. The first-order valence-electron chi connectivity index (χ1n) is 4.96. The third-order valence-corrected chi connectivity index (χ3v) is 2.41. The number of fused-ring (bicyclic) bond motifs is 1. The first-order chi connectivity index (χ1) is 7.52. The summed E-state index contributed by atoms with van der Waals surface area (Å²) in [6.07, 6.45) is 1.77. The van der Waals surface area contributed by atoms with Gasteiger partial charge in [-0.3, -0.25) is 4.79 Å². The number of Topliss-reactive ketones (excluding diaryl/α,β-unsaturated/α-hetero) is 1. The zero-order valence-corrected chi connectivity index (χ0v) is 9.11. The third-order valence-electron chi connectivity index (χ3n) is 2.41. The lowest BCUT2D eigenvalue weighted by atomic mass is 9.93. The van der Waals surface area contributed by atoms with Crippen LogP contribution >= 0.6 is 0 Å². The van der Waals surface area contributed by atoms with Crippen LogP contribution in [0.15, 0.2) is 23.2 Å². The van der Waals surface area contributed by atoms with E-state index < -0.39 is 5.60 Å². The van der Waals surface area contributed by atoms with E-state index in [1.807, 2.05) is 13.8 Å². The number of aliphatic imine (C=N–C) groups is 1. The molecule has 0 saturated heterocycles. The molecule has 0 radical (unpaired) electrons. The van der Waals surface area contributed by atoms with E-state index in [0.717, 1.165) is 0 Å². The number of isocyanates is 1. The molecule has 1 aromatic rings. The van der Waals surface area contributed by atoms with Crippen LogP contribution in [0.2, 0.25) is 0 Å². The molecule has 0 unspecified atom stereocenters. The SMILES string of the molecule is CC1(C)CC(=O)c2cc(N=C=O)ccc2O1. The molecular weight excluding hydrogens is 206 g/mol. The molecule has 2 rings (SSSR count). The molecule has 0 N–H and O–H groups in total. The van der Waals surface area contributed by atoms with Crippen LogP contribution in [0, 0.1) is 0 Å². The van der Waals surface area contributed by atoms with E-state index in [2.05, 4.69) is 4.99 Å². The molecular formula is C12H11NO3. The van der Waals surface area contributed by atoms with Gasteiger partial charge in [-0.05, 0) is 32.0 Å². The van der Waals surface area contributed by atoms with Gasteiger partial charge in [-0.1, -0.05) is 0 Å². The summed E-state index contributed by atoms with van der Waals surface area (Å²) in [6.45, 7) is 3.73. The quantitative estimate of drug-likeness (QED) is 0.536. The Bertz CT molecular complexity index is 499. The number of ketones is 1. The normalized spacial score (nSPS) is 17.0. The average molecular weight is 217 g/mol. The van der Waals surface area contributed by atoms with Gasteiger partial charge in [0.15, 0.2) is 5.78 Å². The van der Waals surface area contributed by atoms with Crippen LogP contribution in [0.3, 0.4) is 0 Å². The summed E-state index contributed by atoms with van der Waals surface area (Å²) in [5.41, 5.74) is 0.431. The fourth-order valence-electron chi connectivity index (χ4n) is 1.76. The van der Waals surface area contributed by atoms with Gasteiger partial charge in [-0.25, -0.2) is 4.79 Å².